The summed E-state index contributed by atoms with van der Waals surface area (Å²) in [5.41, 5.74) is 1.10. The zero-order chi connectivity index (χ0) is 27.5. The number of allylic oxidation sites excluding steroid dienone is 1. The molecule has 0 aliphatic carbocycles. The lowest BCUT2D eigenvalue weighted by molar-refractivity contribution is -0.139. The second-order valence-electron chi connectivity index (χ2n) is 8.56. The van der Waals surface area contributed by atoms with E-state index in [4.69, 9.17) is 0 Å². The molecule has 198 valence electrons. The van der Waals surface area contributed by atoms with E-state index in [0.29, 0.717) is 20.1 Å². The van der Waals surface area contributed by atoms with Gasteiger partial charge in [-0.3, -0.25) is 4.79 Å². The second-order valence-corrected chi connectivity index (χ2v) is 12.5. The Labute approximate surface area is 222 Å². The highest BCUT2D eigenvalue weighted by Crippen LogP contribution is 2.38. The quantitative estimate of drug-likeness (QED) is 0.201. The molecule has 0 aliphatic heterocycles. The number of sulfone groups is 1. The van der Waals surface area contributed by atoms with Crippen molar-refractivity contribution in [3.8, 4) is 0 Å². The maximum absolute atomic E-state index is 13.7. The highest BCUT2D eigenvalue weighted by Gasteiger charge is 2.39. The van der Waals surface area contributed by atoms with Crippen molar-refractivity contribution in [2.24, 2.45) is 5.92 Å². The van der Waals surface area contributed by atoms with Gasteiger partial charge < -0.3 is 0 Å². The predicted molar refractivity (Wildman–Crippen MR) is 134 cm³/mol. The summed E-state index contributed by atoms with van der Waals surface area (Å²) < 4.78 is 103. The Kier molecular flexibility index (Phi) is 10.0. The van der Waals surface area contributed by atoms with Gasteiger partial charge in [-0.15, -0.1) is 0 Å². The molecule has 0 saturated carbocycles. The van der Waals surface area contributed by atoms with Gasteiger partial charge in [0.25, 0.3) is 0 Å². The van der Waals surface area contributed by atoms with Crippen molar-refractivity contribution >= 4 is 53.6 Å². The number of hydrogen-bond acceptors (Lipinski definition) is 3. The van der Waals surface area contributed by atoms with Crippen molar-refractivity contribution < 1.29 is 39.6 Å². The van der Waals surface area contributed by atoms with Crippen LogP contribution >= 0.6 is 31.9 Å². The minimum atomic E-state index is -4.86. The average Bonchev–Trinajstić information content (AvgIpc) is 2.63. The van der Waals surface area contributed by atoms with Crippen LogP contribution in [0.2, 0.25) is 0 Å². The lowest BCUT2D eigenvalue weighted by Crippen LogP contribution is -2.28. The van der Waals surface area contributed by atoms with Crippen molar-refractivity contribution in [2.75, 3.05) is 11.5 Å². The molecular weight excluding hydrogens is 642 g/mol. The minimum absolute atomic E-state index is 0.0259. The molecule has 2 aromatic rings. The van der Waals surface area contributed by atoms with Crippen LogP contribution in [0.5, 0.6) is 0 Å². The van der Waals surface area contributed by atoms with Gasteiger partial charge in [0, 0.05) is 20.9 Å². The highest BCUT2D eigenvalue weighted by atomic mass is 79.9. The van der Waals surface area contributed by atoms with Crippen molar-refractivity contribution in [3.63, 3.8) is 0 Å². The third-order valence-electron chi connectivity index (χ3n) is 5.08. The fraction of sp³-hybridized carbons (Fsp3) is 0.375. The van der Waals surface area contributed by atoms with E-state index < -0.39 is 51.3 Å². The normalized spacial score (nSPS) is 14.7. The van der Waals surface area contributed by atoms with E-state index in [1.807, 2.05) is 0 Å². The molecule has 0 radical (unpaired) electrons. The standard InChI is InChI=1S/C24H22Br2F6O3S/c1-14(12-36(34,35)13-23(27,28)29)7-22(33)20-5-3-16(8-15(20)2)4-6-21(24(30,31)32)17-9-18(25)11-19(26)10-17/h3-6,8-11,14,21H,7,12-13H2,1-2H3/b6-4+/t14-,21?/m0/s1. The van der Waals surface area contributed by atoms with E-state index >= 15 is 0 Å². The number of Topliss-reactive ketones (excluding diaryl/α,β-unsaturated/α-hetero) is 1. The monoisotopic (exact) mass is 662 g/mol. The molecule has 0 fully saturated rings. The van der Waals surface area contributed by atoms with Gasteiger partial charge in [-0.2, -0.15) is 26.3 Å². The van der Waals surface area contributed by atoms with Gasteiger partial charge in [0.15, 0.2) is 15.6 Å². The summed E-state index contributed by atoms with van der Waals surface area (Å²) in [4.78, 5) is 12.6. The molecule has 0 N–H and O–H groups in total. The van der Waals surface area contributed by atoms with Crippen LogP contribution in [0.3, 0.4) is 0 Å². The van der Waals surface area contributed by atoms with E-state index in [9.17, 15) is 39.6 Å². The first-order valence-electron chi connectivity index (χ1n) is 10.5. The van der Waals surface area contributed by atoms with E-state index in [1.165, 1.54) is 43.3 Å². The minimum Gasteiger partial charge on any atom is -0.294 e. The van der Waals surface area contributed by atoms with E-state index in [1.54, 1.807) is 13.0 Å². The number of halogens is 8. The van der Waals surface area contributed by atoms with Gasteiger partial charge in [-0.25, -0.2) is 8.42 Å². The van der Waals surface area contributed by atoms with E-state index in [0.717, 1.165) is 6.08 Å². The molecule has 36 heavy (non-hydrogen) atoms. The Morgan fingerprint density at radius 3 is 2.08 bits per heavy atom. The van der Waals surface area contributed by atoms with Crippen LogP contribution in [0.1, 0.15) is 46.3 Å². The molecule has 0 aromatic heterocycles. The number of hydrogen-bond donors (Lipinski definition) is 0. The Morgan fingerprint density at radius 2 is 1.58 bits per heavy atom. The summed E-state index contributed by atoms with van der Waals surface area (Å²) in [6.07, 6.45) is -7.40. The molecule has 12 heteroatoms. The molecule has 0 amide bonds. The molecule has 2 rings (SSSR count). The van der Waals surface area contributed by atoms with Crippen LogP contribution in [-0.2, 0) is 9.84 Å². The number of carbonyl (C=O) groups excluding carboxylic acids is 1. The van der Waals surface area contributed by atoms with Gasteiger partial charge in [0.2, 0.25) is 0 Å². The first kappa shape index (κ1) is 30.6. The third kappa shape index (κ3) is 9.66. The van der Waals surface area contributed by atoms with Crippen molar-refractivity contribution in [2.45, 2.75) is 38.5 Å². The zero-order valence-electron chi connectivity index (χ0n) is 19.1. The molecule has 1 unspecified atom stereocenters. The second kappa shape index (κ2) is 11.8. The Morgan fingerprint density at radius 1 is 1.00 bits per heavy atom. The van der Waals surface area contributed by atoms with Gasteiger partial charge in [-0.05, 0) is 47.7 Å². The summed E-state index contributed by atoms with van der Waals surface area (Å²) in [5, 5.41) is 0. The highest BCUT2D eigenvalue weighted by molar-refractivity contribution is 9.11. The SMILES string of the molecule is Cc1cc(/C=C/C(c2cc(Br)cc(Br)c2)C(F)(F)F)ccc1C(=O)C[C@H](C)CS(=O)(=O)CC(F)(F)F. The fourth-order valence-electron chi connectivity index (χ4n) is 3.70. The van der Waals surface area contributed by atoms with Crippen LogP contribution in [0.25, 0.3) is 6.08 Å². The lowest BCUT2D eigenvalue weighted by Gasteiger charge is -2.18. The van der Waals surface area contributed by atoms with Crippen molar-refractivity contribution in [3.05, 3.63) is 73.7 Å². The maximum atomic E-state index is 13.7. The summed E-state index contributed by atoms with van der Waals surface area (Å²) in [6.45, 7) is 2.94. The Bertz CT molecular complexity index is 1220. The van der Waals surface area contributed by atoms with E-state index in [2.05, 4.69) is 31.9 Å². The van der Waals surface area contributed by atoms with Gasteiger partial charge >= 0.3 is 12.4 Å². The molecular formula is C24H22Br2F6O3S. The summed E-state index contributed by atoms with van der Waals surface area (Å²) in [6, 6.07) is 8.73. The molecule has 0 bridgehead atoms. The van der Waals surface area contributed by atoms with Crippen LogP contribution in [0, 0.1) is 12.8 Å². The fourth-order valence-corrected chi connectivity index (χ4v) is 6.63. The smallest absolute Gasteiger partial charge is 0.294 e. The number of benzene rings is 2. The average molecular weight is 664 g/mol. The topological polar surface area (TPSA) is 51.2 Å². The number of ketones is 1. The zero-order valence-corrected chi connectivity index (χ0v) is 23.0. The molecule has 0 heterocycles. The first-order valence-corrected chi connectivity index (χ1v) is 13.9. The van der Waals surface area contributed by atoms with Crippen LogP contribution in [0.4, 0.5) is 26.3 Å². The van der Waals surface area contributed by atoms with Gasteiger partial charge in [0.1, 0.15) is 5.75 Å². The number of rotatable bonds is 9. The van der Waals surface area contributed by atoms with Crippen LogP contribution in [0.15, 0.2) is 51.4 Å². The maximum Gasteiger partial charge on any atom is 0.402 e. The number of aryl methyl sites for hydroxylation is 1. The largest absolute Gasteiger partial charge is 0.402 e. The van der Waals surface area contributed by atoms with Crippen molar-refractivity contribution in [1.82, 2.24) is 0 Å². The van der Waals surface area contributed by atoms with Gasteiger partial charge in [0.05, 0.1) is 11.7 Å². The third-order valence-corrected chi connectivity index (χ3v) is 7.84. The molecule has 0 saturated heterocycles. The molecule has 3 nitrogen and oxygen atoms in total. The van der Waals surface area contributed by atoms with Crippen LogP contribution in [-0.4, -0.2) is 38.1 Å². The molecule has 0 aliphatic rings. The van der Waals surface area contributed by atoms with Crippen LogP contribution < -0.4 is 0 Å². The first-order chi connectivity index (χ1) is 16.4. The van der Waals surface area contributed by atoms with Crippen molar-refractivity contribution in [1.29, 1.82) is 0 Å². The Balaban J connectivity index is 2.18. The van der Waals surface area contributed by atoms with E-state index in [-0.39, 0.29) is 17.5 Å². The number of carbonyl (C=O) groups is 1. The summed E-state index contributed by atoms with van der Waals surface area (Å²) in [7, 11) is -4.42. The summed E-state index contributed by atoms with van der Waals surface area (Å²) in [5.74, 6) is -5.94. The molecule has 2 atom stereocenters. The molecule has 2 aromatic carbocycles. The lowest BCUT2D eigenvalue weighted by atomic mass is 9.94. The molecule has 0 spiro atoms. The van der Waals surface area contributed by atoms with Gasteiger partial charge in [-0.1, -0.05) is 69.1 Å². The number of alkyl halides is 6. The Hall–Kier alpha value is -1.66. The predicted octanol–water partition coefficient (Wildman–Crippen LogP) is 8.07. The summed E-state index contributed by atoms with van der Waals surface area (Å²) >= 11 is 6.37.